The number of nitrogens with one attached hydrogen (secondary N) is 1. The number of hydrogen-bond acceptors (Lipinski definition) is 2. The number of imidazole rings is 1. The van der Waals surface area contributed by atoms with E-state index in [4.69, 9.17) is 16.7 Å². The van der Waals surface area contributed by atoms with Crippen LogP contribution in [0.15, 0.2) is 30.3 Å². The average molecular weight is 263 g/mol. The summed E-state index contributed by atoms with van der Waals surface area (Å²) >= 11 is 5.91. The Morgan fingerprint density at radius 2 is 2.28 bits per heavy atom. The molecule has 0 amide bonds. The van der Waals surface area contributed by atoms with Crippen molar-refractivity contribution in [2.45, 2.75) is 6.92 Å². The van der Waals surface area contributed by atoms with Crippen LogP contribution in [0, 0.1) is 6.92 Å². The van der Waals surface area contributed by atoms with Crippen molar-refractivity contribution in [3.05, 3.63) is 46.8 Å². The lowest BCUT2D eigenvalue weighted by Gasteiger charge is -1.96. The number of aliphatic carboxylic acids is 1. The maximum atomic E-state index is 10.5. The number of aromatic nitrogens is 2. The van der Waals surface area contributed by atoms with Crippen molar-refractivity contribution < 1.29 is 9.90 Å². The van der Waals surface area contributed by atoms with E-state index in [1.165, 1.54) is 6.08 Å². The van der Waals surface area contributed by atoms with Gasteiger partial charge in [0.25, 0.3) is 0 Å². The van der Waals surface area contributed by atoms with Gasteiger partial charge in [-0.15, -0.1) is 0 Å². The van der Waals surface area contributed by atoms with Gasteiger partial charge in [0.2, 0.25) is 0 Å². The lowest BCUT2D eigenvalue weighted by molar-refractivity contribution is -0.131. The largest absolute Gasteiger partial charge is 0.478 e. The molecule has 2 rings (SSSR count). The van der Waals surface area contributed by atoms with E-state index in [0.29, 0.717) is 16.5 Å². The monoisotopic (exact) mass is 262 g/mol. The molecule has 5 heteroatoms. The van der Waals surface area contributed by atoms with Crippen LogP contribution in [-0.2, 0) is 4.79 Å². The number of nitrogens with zero attached hydrogens (tertiary/aromatic N) is 1. The van der Waals surface area contributed by atoms with Crippen molar-refractivity contribution >= 4 is 23.6 Å². The van der Waals surface area contributed by atoms with Crippen molar-refractivity contribution in [1.82, 2.24) is 9.97 Å². The van der Waals surface area contributed by atoms with E-state index in [0.717, 1.165) is 17.3 Å². The van der Waals surface area contributed by atoms with E-state index < -0.39 is 5.97 Å². The van der Waals surface area contributed by atoms with E-state index >= 15 is 0 Å². The number of hydrogen-bond donors (Lipinski definition) is 2. The molecule has 0 bridgehead atoms. The molecule has 0 spiro atoms. The van der Waals surface area contributed by atoms with Gasteiger partial charge in [0, 0.05) is 22.4 Å². The number of benzene rings is 1. The van der Waals surface area contributed by atoms with Crippen LogP contribution < -0.4 is 0 Å². The second-order valence-corrected chi connectivity index (χ2v) is 4.21. The minimum Gasteiger partial charge on any atom is -0.478 e. The Morgan fingerprint density at radius 3 is 2.94 bits per heavy atom. The quantitative estimate of drug-likeness (QED) is 0.835. The maximum absolute atomic E-state index is 10.5. The van der Waals surface area contributed by atoms with Gasteiger partial charge in [0.05, 0.1) is 5.69 Å². The van der Waals surface area contributed by atoms with Gasteiger partial charge in [-0.3, -0.25) is 0 Å². The Balaban J connectivity index is 2.37. The molecule has 0 atom stereocenters. The Morgan fingerprint density at radius 1 is 1.50 bits per heavy atom. The average Bonchev–Trinajstić information content (AvgIpc) is 2.68. The smallest absolute Gasteiger partial charge is 0.328 e. The molecule has 0 fully saturated rings. The highest BCUT2D eigenvalue weighted by Crippen LogP contribution is 2.21. The first kappa shape index (κ1) is 12.4. The predicted octanol–water partition coefficient (Wildman–Crippen LogP) is 3.14. The van der Waals surface area contributed by atoms with Crippen LogP contribution in [0.3, 0.4) is 0 Å². The van der Waals surface area contributed by atoms with Crippen LogP contribution in [0.1, 0.15) is 11.4 Å². The zero-order valence-electron chi connectivity index (χ0n) is 9.64. The highest BCUT2D eigenvalue weighted by Gasteiger charge is 2.06. The number of rotatable bonds is 3. The van der Waals surface area contributed by atoms with Crippen molar-refractivity contribution in [2.75, 3.05) is 0 Å². The van der Waals surface area contributed by atoms with Gasteiger partial charge in [-0.2, -0.15) is 0 Å². The number of carboxylic acids is 1. The molecule has 2 aromatic rings. The summed E-state index contributed by atoms with van der Waals surface area (Å²) in [5, 5.41) is 9.21. The Hall–Kier alpha value is -2.07. The van der Waals surface area contributed by atoms with Crippen molar-refractivity contribution in [3.8, 4) is 11.4 Å². The van der Waals surface area contributed by atoms with Gasteiger partial charge >= 0.3 is 5.97 Å². The topological polar surface area (TPSA) is 66.0 Å². The molecule has 0 aliphatic rings. The Labute approximate surface area is 109 Å². The number of halogens is 1. The summed E-state index contributed by atoms with van der Waals surface area (Å²) in [6.07, 6.45) is 2.52. The third-order valence-electron chi connectivity index (χ3n) is 2.40. The molecule has 2 N–H and O–H groups in total. The number of H-pyrrole nitrogens is 1. The molecule has 1 heterocycles. The molecule has 4 nitrogen and oxygen atoms in total. The Kier molecular flexibility index (Phi) is 3.48. The molecule has 0 unspecified atom stereocenters. The van der Waals surface area contributed by atoms with Crippen LogP contribution in [0.2, 0.25) is 5.02 Å². The second kappa shape index (κ2) is 5.06. The molecule has 92 valence electrons. The van der Waals surface area contributed by atoms with Crippen LogP contribution >= 0.6 is 11.6 Å². The molecular weight excluding hydrogens is 252 g/mol. The van der Waals surface area contributed by atoms with Crippen LogP contribution in [0.25, 0.3) is 17.5 Å². The lowest BCUT2D eigenvalue weighted by Crippen LogP contribution is -1.86. The van der Waals surface area contributed by atoms with Gasteiger partial charge in [0.15, 0.2) is 0 Å². The normalized spacial score (nSPS) is 11.0. The predicted molar refractivity (Wildman–Crippen MR) is 70.4 cm³/mol. The SMILES string of the molecule is Cc1[nH]c(-c2cccc(Cl)c2)nc1/C=C/C(=O)O. The van der Waals surface area contributed by atoms with Gasteiger partial charge in [0.1, 0.15) is 5.82 Å². The molecule has 18 heavy (non-hydrogen) atoms. The maximum Gasteiger partial charge on any atom is 0.328 e. The zero-order valence-corrected chi connectivity index (χ0v) is 10.4. The van der Waals surface area contributed by atoms with E-state index in [2.05, 4.69) is 9.97 Å². The first-order valence-electron chi connectivity index (χ1n) is 5.30. The molecule has 1 aromatic heterocycles. The molecule has 0 aliphatic carbocycles. The fourth-order valence-electron chi connectivity index (χ4n) is 1.56. The summed E-state index contributed by atoms with van der Waals surface area (Å²) in [7, 11) is 0. The molecule has 1 aromatic carbocycles. The summed E-state index contributed by atoms with van der Waals surface area (Å²) in [6.45, 7) is 1.84. The first-order chi connectivity index (χ1) is 8.56. The fourth-order valence-corrected chi connectivity index (χ4v) is 1.75. The van der Waals surface area contributed by atoms with Crippen molar-refractivity contribution in [3.63, 3.8) is 0 Å². The lowest BCUT2D eigenvalue weighted by atomic mass is 10.2. The van der Waals surface area contributed by atoms with Gasteiger partial charge in [-0.25, -0.2) is 9.78 Å². The van der Waals surface area contributed by atoms with Crippen LogP contribution in [0.5, 0.6) is 0 Å². The van der Waals surface area contributed by atoms with Gasteiger partial charge in [-0.1, -0.05) is 23.7 Å². The Bertz CT molecular complexity index is 617. The van der Waals surface area contributed by atoms with Crippen LogP contribution in [0.4, 0.5) is 0 Å². The van der Waals surface area contributed by atoms with E-state index in [-0.39, 0.29) is 0 Å². The van der Waals surface area contributed by atoms with Gasteiger partial charge in [-0.05, 0) is 25.1 Å². The molecule has 0 saturated heterocycles. The summed E-state index contributed by atoms with van der Waals surface area (Å²) in [6, 6.07) is 7.30. The summed E-state index contributed by atoms with van der Waals surface area (Å²) in [5.41, 5.74) is 2.27. The van der Waals surface area contributed by atoms with E-state index in [1.54, 1.807) is 12.1 Å². The minimum atomic E-state index is -0.998. The van der Waals surface area contributed by atoms with E-state index in [1.807, 2.05) is 19.1 Å². The van der Waals surface area contributed by atoms with Crippen LogP contribution in [-0.4, -0.2) is 21.0 Å². The van der Waals surface area contributed by atoms with E-state index in [9.17, 15) is 4.79 Å². The zero-order chi connectivity index (χ0) is 13.1. The summed E-state index contributed by atoms with van der Waals surface area (Å²) in [5.74, 6) is -0.332. The third kappa shape index (κ3) is 2.78. The summed E-state index contributed by atoms with van der Waals surface area (Å²) in [4.78, 5) is 17.9. The number of aryl methyl sites for hydroxylation is 1. The standard InChI is InChI=1S/C13H11ClN2O2/c1-8-11(5-6-12(17)18)16-13(15-8)9-3-2-4-10(14)7-9/h2-7H,1H3,(H,15,16)(H,17,18)/b6-5+. The minimum absolute atomic E-state index is 0.604. The molecule has 0 aliphatic heterocycles. The molecular formula is C13H11ClN2O2. The fraction of sp³-hybridized carbons (Fsp3) is 0.0769. The first-order valence-corrected chi connectivity index (χ1v) is 5.67. The molecule has 0 saturated carbocycles. The van der Waals surface area contributed by atoms with Gasteiger partial charge < -0.3 is 10.1 Å². The number of carbonyl (C=O) groups is 1. The number of aromatic amines is 1. The third-order valence-corrected chi connectivity index (χ3v) is 2.64. The highest BCUT2D eigenvalue weighted by molar-refractivity contribution is 6.30. The summed E-state index contributed by atoms with van der Waals surface area (Å²) < 4.78 is 0. The number of carboxylic acid groups (broad SMARTS) is 1. The van der Waals surface area contributed by atoms with Crippen molar-refractivity contribution in [1.29, 1.82) is 0 Å². The molecule has 0 radical (unpaired) electrons. The van der Waals surface area contributed by atoms with Crippen molar-refractivity contribution in [2.24, 2.45) is 0 Å². The highest BCUT2D eigenvalue weighted by atomic mass is 35.5. The second-order valence-electron chi connectivity index (χ2n) is 3.78.